The van der Waals surface area contributed by atoms with Gasteiger partial charge in [0.25, 0.3) is 0 Å². The Morgan fingerprint density at radius 2 is 1.76 bits per heavy atom. The zero-order valence-electron chi connectivity index (χ0n) is 13.7. The molecular weight excluding hydrogens is 384 g/mol. The van der Waals surface area contributed by atoms with Crippen molar-refractivity contribution in [3.8, 4) is 18.2 Å². The highest BCUT2D eigenvalue weighted by Crippen LogP contribution is 2.66. The lowest BCUT2D eigenvalue weighted by atomic mass is 9.53. The Hall–Kier alpha value is -2.40. The summed E-state index contributed by atoms with van der Waals surface area (Å²) in [5, 5.41) is 38.2. The molecule has 25 heavy (non-hydrogen) atoms. The number of halogens is 1. The van der Waals surface area contributed by atoms with Gasteiger partial charge in [-0.2, -0.15) is 15.8 Å². The molecule has 2 heterocycles. The van der Waals surface area contributed by atoms with E-state index in [0.29, 0.717) is 12.0 Å². The number of nitriles is 3. The van der Waals surface area contributed by atoms with Crippen LogP contribution in [-0.2, 0) is 9.47 Å². The van der Waals surface area contributed by atoms with Crippen LogP contribution < -0.4 is 0 Å². The Bertz CT molecular complexity index is 849. The van der Waals surface area contributed by atoms with E-state index in [0.717, 1.165) is 4.47 Å². The zero-order valence-corrected chi connectivity index (χ0v) is 15.3. The van der Waals surface area contributed by atoms with Gasteiger partial charge < -0.3 is 9.47 Å². The van der Waals surface area contributed by atoms with Crippen molar-refractivity contribution in [1.29, 1.82) is 21.2 Å². The van der Waals surface area contributed by atoms with E-state index in [1.807, 2.05) is 19.1 Å². The van der Waals surface area contributed by atoms with Gasteiger partial charge in [0.15, 0.2) is 5.41 Å². The summed E-state index contributed by atoms with van der Waals surface area (Å²) < 4.78 is 12.7. The predicted molar refractivity (Wildman–Crippen MR) is 90.7 cm³/mol. The molecule has 2 saturated heterocycles. The van der Waals surface area contributed by atoms with Gasteiger partial charge in [-0.3, -0.25) is 5.41 Å². The van der Waals surface area contributed by atoms with Gasteiger partial charge in [-0.05, 0) is 17.7 Å². The fourth-order valence-electron chi connectivity index (χ4n) is 3.98. The summed E-state index contributed by atoms with van der Waals surface area (Å²) >= 11 is 3.35. The van der Waals surface area contributed by atoms with Crippen molar-refractivity contribution in [2.45, 2.75) is 32.2 Å². The highest BCUT2D eigenvalue weighted by Gasteiger charge is 2.78. The van der Waals surface area contributed by atoms with Gasteiger partial charge in [-0.25, -0.2) is 0 Å². The molecule has 0 aromatic heterocycles. The minimum atomic E-state index is -1.89. The molecule has 0 amide bonds. The SMILES string of the molecule is CC[C@]12OC(=N)[C@@](C#N)([C@@H]1C)C(C#N)(C#N)[C@@H](c1ccc(Br)cc1)O2. The van der Waals surface area contributed by atoms with Crippen molar-refractivity contribution in [3.05, 3.63) is 34.3 Å². The van der Waals surface area contributed by atoms with E-state index in [4.69, 9.17) is 14.9 Å². The summed E-state index contributed by atoms with van der Waals surface area (Å²) in [6.07, 6.45) is -0.616. The van der Waals surface area contributed by atoms with Gasteiger partial charge in [-0.1, -0.05) is 41.9 Å². The van der Waals surface area contributed by atoms with E-state index < -0.39 is 28.6 Å². The number of benzene rings is 1. The summed E-state index contributed by atoms with van der Waals surface area (Å²) in [6, 6.07) is 13.2. The van der Waals surface area contributed by atoms with Gasteiger partial charge in [0.05, 0.1) is 24.1 Å². The normalized spacial score (nSPS) is 35.1. The molecule has 6 nitrogen and oxygen atoms in total. The second-order valence-electron chi connectivity index (χ2n) is 6.32. The highest BCUT2D eigenvalue weighted by atomic mass is 79.9. The first kappa shape index (κ1) is 17.4. The first-order valence-electron chi connectivity index (χ1n) is 7.82. The van der Waals surface area contributed by atoms with Crippen LogP contribution in [0.3, 0.4) is 0 Å². The van der Waals surface area contributed by atoms with Gasteiger partial charge in [0, 0.05) is 10.9 Å². The van der Waals surface area contributed by atoms with Crippen molar-refractivity contribution in [3.63, 3.8) is 0 Å². The molecule has 0 spiro atoms. The molecule has 4 atom stereocenters. The lowest BCUT2D eigenvalue weighted by Gasteiger charge is -2.48. The second kappa shape index (κ2) is 5.56. The van der Waals surface area contributed by atoms with E-state index >= 15 is 0 Å². The van der Waals surface area contributed by atoms with Crippen LogP contribution in [0.4, 0.5) is 0 Å². The standard InChI is InChI=1S/C18H15BrN4O2/c1-3-18-11(2)17(10-22,15(23)25-18)16(8-20,9-21)14(24-18)12-4-6-13(19)7-5-12/h4-7,11,14,23H,3H2,1-2H3/t11-,14+,17+,18-/m0/s1. The summed E-state index contributed by atoms with van der Waals surface area (Å²) in [7, 11) is 0. The van der Waals surface area contributed by atoms with Crippen LogP contribution in [0.25, 0.3) is 0 Å². The minimum absolute atomic E-state index is 0.368. The third kappa shape index (κ3) is 1.87. The van der Waals surface area contributed by atoms with Gasteiger partial charge in [0.1, 0.15) is 6.10 Å². The molecule has 0 unspecified atom stereocenters. The average molecular weight is 399 g/mol. The fraction of sp³-hybridized carbons (Fsp3) is 0.444. The third-order valence-electron chi connectivity index (χ3n) is 5.47. The van der Waals surface area contributed by atoms with Crippen molar-refractivity contribution in [2.75, 3.05) is 0 Å². The van der Waals surface area contributed by atoms with Crippen molar-refractivity contribution in [1.82, 2.24) is 0 Å². The van der Waals surface area contributed by atoms with Crippen LogP contribution in [0.15, 0.2) is 28.7 Å². The predicted octanol–water partition coefficient (Wildman–Crippen LogP) is 3.81. The van der Waals surface area contributed by atoms with Gasteiger partial charge in [-0.15, -0.1) is 0 Å². The maximum atomic E-state index is 9.99. The van der Waals surface area contributed by atoms with E-state index in [9.17, 15) is 15.8 Å². The number of rotatable bonds is 2. The van der Waals surface area contributed by atoms with E-state index in [1.54, 1.807) is 31.2 Å². The third-order valence-corrected chi connectivity index (χ3v) is 6.00. The molecule has 0 saturated carbocycles. The molecule has 3 rings (SSSR count). The molecule has 1 aromatic rings. The highest BCUT2D eigenvalue weighted by molar-refractivity contribution is 9.10. The fourth-order valence-corrected chi connectivity index (χ4v) is 4.25. The molecular formula is C18H15BrN4O2. The van der Waals surface area contributed by atoms with Crippen LogP contribution in [0.2, 0.25) is 0 Å². The number of nitrogens with zero attached hydrogens (tertiary/aromatic N) is 3. The summed E-state index contributed by atoms with van der Waals surface area (Å²) in [5.74, 6) is -2.21. The molecule has 1 aromatic carbocycles. The van der Waals surface area contributed by atoms with Crippen molar-refractivity contribution < 1.29 is 9.47 Å². The molecule has 2 aliphatic heterocycles. The lowest BCUT2D eigenvalue weighted by Crippen LogP contribution is -2.58. The van der Waals surface area contributed by atoms with Crippen LogP contribution >= 0.6 is 15.9 Å². The number of ether oxygens (including phenoxy) is 2. The Balaban J connectivity index is 2.32. The molecule has 2 aliphatic rings. The summed E-state index contributed by atoms with van der Waals surface area (Å²) in [6.45, 7) is 3.54. The smallest absolute Gasteiger partial charge is 0.217 e. The maximum Gasteiger partial charge on any atom is 0.217 e. The topological polar surface area (TPSA) is 114 Å². The first-order chi connectivity index (χ1) is 11.9. The number of hydrogen-bond donors (Lipinski definition) is 1. The van der Waals surface area contributed by atoms with Gasteiger partial charge in [0.2, 0.25) is 17.1 Å². The van der Waals surface area contributed by atoms with Gasteiger partial charge >= 0.3 is 0 Å². The van der Waals surface area contributed by atoms with Crippen LogP contribution in [-0.4, -0.2) is 11.7 Å². The average Bonchev–Trinajstić information content (AvgIpc) is 2.79. The quantitative estimate of drug-likeness (QED) is 0.812. The Morgan fingerprint density at radius 1 is 1.16 bits per heavy atom. The van der Waals surface area contributed by atoms with Crippen LogP contribution in [0, 0.1) is 56.2 Å². The molecule has 0 aliphatic carbocycles. The number of fused-ring (bicyclic) bond motifs is 2. The van der Waals surface area contributed by atoms with Crippen LogP contribution in [0.1, 0.15) is 31.9 Å². The van der Waals surface area contributed by atoms with E-state index in [-0.39, 0.29) is 5.90 Å². The number of hydrogen-bond acceptors (Lipinski definition) is 6. The Morgan fingerprint density at radius 3 is 2.24 bits per heavy atom. The molecule has 126 valence electrons. The Kier molecular flexibility index (Phi) is 3.88. The largest absolute Gasteiger partial charge is 0.447 e. The summed E-state index contributed by atoms with van der Waals surface area (Å²) in [5.41, 5.74) is -2.99. The molecule has 0 radical (unpaired) electrons. The zero-order chi connectivity index (χ0) is 18.5. The molecule has 2 bridgehead atoms. The lowest BCUT2D eigenvalue weighted by molar-refractivity contribution is -0.280. The van der Waals surface area contributed by atoms with Crippen molar-refractivity contribution >= 4 is 21.8 Å². The van der Waals surface area contributed by atoms with E-state index in [2.05, 4.69) is 22.0 Å². The minimum Gasteiger partial charge on any atom is -0.447 e. The maximum absolute atomic E-state index is 9.99. The van der Waals surface area contributed by atoms with Crippen LogP contribution in [0.5, 0.6) is 0 Å². The molecule has 1 N–H and O–H groups in total. The monoisotopic (exact) mass is 398 g/mol. The van der Waals surface area contributed by atoms with E-state index in [1.165, 1.54) is 0 Å². The van der Waals surface area contributed by atoms with Crippen molar-refractivity contribution in [2.24, 2.45) is 16.7 Å². The molecule has 7 heteroatoms. The first-order valence-corrected chi connectivity index (χ1v) is 8.61. The second-order valence-corrected chi connectivity index (χ2v) is 7.23. The Labute approximate surface area is 154 Å². The number of nitrogens with one attached hydrogen (secondary N) is 1. The summed E-state index contributed by atoms with van der Waals surface area (Å²) in [4.78, 5) is 0. The molecule has 2 fully saturated rings.